The Hall–Kier alpha value is -1.96. The number of ether oxygens (including phenoxy) is 6. The Morgan fingerprint density at radius 1 is 0.905 bits per heavy atom. The van der Waals surface area contributed by atoms with Crippen LogP contribution in [-0.4, -0.2) is 140 Å². The molecule has 0 saturated carbocycles. The number of hydrogen-bond acceptors (Lipinski definition) is 14. The summed E-state index contributed by atoms with van der Waals surface area (Å²) in [7, 11) is 8.73. The van der Waals surface area contributed by atoms with E-state index in [2.05, 4.69) is 53.6 Å². The Morgan fingerprint density at radius 3 is 1.79 bits per heavy atom. The van der Waals surface area contributed by atoms with Gasteiger partial charge >= 0.3 is 104 Å². The van der Waals surface area contributed by atoms with Gasteiger partial charge in [0.1, 0.15) is 13.1 Å². The van der Waals surface area contributed by atoms with E-state index in [0.29, 0.717) is 36.3 Å². The molecular formula is C24H42Cl2IN8O7-. The van der Waals surface area contributed by atoms with Crippen molar-refractivity contribution in [3.63, 3.8) is 0 Å². The monoisotopic (exact) mass is 751 g/mol. The Labute approximate surface area is 269 Å². The number of methoxy groups -OCH3 is 3. The third kappa shape index (κ3) is 16.0. The van der Waals surface area contributed by atoms with Gasteiger partial charge in [-0.2, -0.15) is 0 Å². The first kappa shape index (κ1) is 40.0. The minimum Gasteiger partial charge on any atom is -1.00 e. The van der Waals surface area contributed by atoms with Crippen LogP contribution in [0.2, 0.25) is 5.28 Å². The number of halogens is 3. The molecule has 4 heterocycles. The standard InChI is InChI=1S/C10H17N4O3.C5H6ClIN3O.C5H11NO.C4H8O2.ClH/c1-14(4-6-17-7-5-14)8-11-9(15-2)13-10(12-8)16-3;1-7-4-8-3(6)9-5(10-4)11-2;1-6-2-4-7-5-3-6;1-3-6-4(2)5;/h4-7H2,1-3H3;1-2H3;2-5H2,1H3;3H2,1-2H3;1H/q+1;-1;;;/p-1. The molecule has 0 radical (unpaired) electrons. The zero-order valence-electron chi connectivity index (χ0n) is 25.4. The van der Waals surface area contributed by atoms with Gasteiger partial charge in [-0.3, -0.25) is 9.28 Å². The van der Waals surface area contributed by atoms with Gasteiger partial charge in [-0.05, 0) is 14.0 Å². The molecule has 18 heteroatoms. The molecule has 2 fully saturated rings. The molecule has 0 bridgehead atoms. The molecule has 42 heavy (non-hydrogen) atoms. The zero-order chi connectivity index (χ0) is 30.7. The minimum atomic E-state index is -0.211. The van der Waals surface area contributed by atoms with Crippen molar-refractivity contribution in [2.45, 2.75) is 13.8 Å². The van der Waals surface area contributed by atoms with Gasteiger partial charge in [0.2, 0.25) is 0 Å². The Balaban J connectivity index is 0.000000580. The number of nitrogens with zero attached hydrogens (tertiary/aromatic N) is 8. The molecule has 0 aliphatic carbocycles. The van der Waals surface area contributed by atoms with Gasteiger partial charge < -0.3 is 41.0 Å². The van der Waals surface area contributed by atoms with E-state index < -0.39 is 0 Å². The molecule has 2 aromatic heterocycles. The summed E-state index contributed by atoms with van der Waals surface area (Å²) in [5.74, 6) is 0.439. The molecule has 2 aliphatic heterocycles. The van der Waals surface area contributed by atoms with Gasteiger partial charge in [0.25, 0.3) is 0 Å². The number of morpholine rings is 2. The maximum Gasteiger partial charge on any atom is 0.338 e. The van der Waals surface area contributed by atoms with Crippen molar-refractivity contribution in [1.82, 2.24) is 39.3 Å². The molecule has 2 aromatic rings. The number of carbonyl (C=O) groups excluding carboxylic acids is 1. The summed E-state index contributed by atoms with van der Waals surface area (Å²) in [6.45, 7) is 10.7. The van der Waals surface area contributed by atoms with Crippen LogP contribution in [0.4, 0.5) is 5.95 Å². The first-order valence-corrected chi connectivity index (χ1v) is 16.3. The summed E-state index contributed by atoms with van der Waals surface area (Å²) in [6, 6.07) is 0.844. The average molecular weight is 752 g/mol. The molecule has 0 unspecified atom stereocenters. The molecule has 4 rings (SSSR count). The SMILES string of the molecule is CCOC(C)=O.CN1CCOCC1.COc1nc(Cl)nc([I-]C)n1.COc1nc(OC)nc([N+]2(C)CCOCC2)n1.[Cl-]. The molecule has 0 aromatic carbocycles. The molecule has 2 aliphatic rings. The maximum absolute atomic E-state index is 9.82. The topological polar surface area (TPSA) is 153 Å². The van der Waals surface area contributed by atoms with E-state index >= 15 is 0 Å². The van der Waals surface area contributed by atoms with Crippen molar-refractivity contribution >= 4 is 23.5 Å². The van der Waals surface area contributed by atoms with E-state index in [-0.39, 0.29) is 56.9 Å². The van der Waals surface area contributed by atoms with E-state index in [1.54, 1.807) is 6.92 Å². The Morgan fingerprint density at radius 2 is 1.40 bits per heavy atom. The van der Waals surface area contributed by atoms with Crippen LogP contribution in [0, 0.1) is 3.83 Å². The van der Waals surface area contributed by atoms with Crippen LogP contribution in [0.3, 0.4) is 0 Å². The number of quaternary nitrogens is 1. The fourth-order valence-corrected chi connectivity index (χ4v) is 4.25. The van der Waals surface area contributed by atoms with Crippen molar-refractivity contribution in [3.8, 4) is 18.0 Å². The smallest absolute Gasteiger partial charge is 0.338 e. The normalized spacial score (nSPS) is 15.5. The van der Waals surface area contributed by atoms with Crippen molar-refractivity contribution in [2.24, 2.45) is 0 Å². The van der Waals surface area contributed by atoms with Crippen LogP contribution in [0.5, 0.6) is 18.0 Å². The summed E-state index contributed by atoms with van der Waals surface area (Å²) in [4.78, 5) is 38.3. The van der Waals surface area contributed by atoms with Crippen molar-refractivity contribution < 1.29 is 66.8 Å². The molecule has 0 N–H and O–H groups in total. The molecule has 0 amide bonds. The van der Waals surface area contributed by atoms with Crippen LogP contribution in [0.15, 0.2) is 0 Å². The van der Waals surface area contributed by atoms with Crippen LogP contribution in [0.1, 0.15) is 13.8 Å². The largest absolute Gasteiger partial charge is 1.00 e. The zero-order valence-corrected chi connectivity index (χ0v) is 29.1. The van der Waals surface area contributed by atoms with Gasteiger partial charge in [-0.15, -0.1) is 15.0 Å². The molecule has 0 spiro atoms. The van der Waals surface area contributed by atoms with E-state index in [1.165, 1.54) is 28.3 Å². The first-order chi connectivity index (χ1) is 19.6. The molecule has 2 saturated heterocycles. The van der Waals surface area contributed by atoms with Crippen LogP contribution < -0.4 is 52.3 Å². The Kier molecular flexibility index (Phi) is 21.5. The Bertz CT molecular complexity index is 992. The molecule has 242 valence electrons. The van der Waals surface area contributed by atoms with Gasteiger partial charge in [0, 0.05) is 20.0 Å². The molecule has 15 nitrogen and oxygen atoms in total. The van der Waals surface area contributed by atoms with E-state index in [1.807, 2.05) is 4.93 Å². The van der Waals surface area contributed by atoms with E-state index in [4.69, 9.17) is 35.3 Å². The second kappa shape index (κ2) is 22.6. The van der Waals surface area contributed by atoms with Crippen molar-refractivity contribution in [2.75, 3.05) is 99.6 Å². The summed E-state index contributed by atoms with van der Waals surface area (Å²) in [5.41, 5.74) is 0. The summed E-state index contributed by atoms with van der Waals surface area (Å²) in [5, 5.41) is 0.202. The summed E-state index contributed by atoms with van der Waals surface area (Å²) < 4.78 is 31.1. The number of likely N-dealkylation sites (N-methyl/N-ethyl adjacent to an activating group) is 2. The predicted octanol–water partition coefficient (Wildman–Crippen LogP) is -5.20. The third-order valence-corrected chi connectivity index (χ3v) is 7.00. The summed E-state index contributed by atoms with van der Waals surface area (Å²) >= 11 is 5.43. The van der Waals surface area contributed by atoms with Gasteiger partial charge in [0.15, 0.2) is 0 Å². The second-order valence-electron chi connectivity index (χ2n) is 8.45. The third-order valence-electron chi connectivity index (χ3n) is 5.38. The second-order valence-corrected chi connectivity index (χ2v) is 10.8. The quantitative estimate of drug-likeness (QED) is 0.120. The average Bonchev–Trinajstić information content (AvgIpc) is 2.98. The molecular weight excluding hydrogens is 710 g/mol. The van der Waals surface area contributed by atoms with Gasteiger partial charge in [-0.25, -0.2) is 0 Å². The fraction of sp³-hybridized carbons (Fsp3) is 0.708. The number of carbonyl (C=O) groups is 1. The van der Waals surface area contributed by atoms with Crippen LogP contribution in [-0.2, 0) is 19.0 Å². The number of alkyl halides is 1. The molecule has 0 atom stereocenters. The summed E-state index contributed by atoms with van der Waals surface area (Å²) in [6.07, 6.45) is 0. The predicted molar refractivity (Wildman–Crippen MR) is 148 cm³/mol. The number of rotatable bonds is 6. The van der Waals surface area contributed by atoms with E-state index in [0.717, 1.165) is 43.2 Å². The number of aromatic nitrogens is 6. The fourth-order valence-electron chi connectivity index (χ4n) is 3.04. The first-order valence-electron chi connectivity index (χ1n) is 12.7. The minimum absolute atomic E-state index is 0. The van der Waals surface area contributed by atoms with E-state index in [9.17, 15) is 4.79 Å². The number of hydrogen-bond donors (Lipinski definition) is 0. The maximum atomic E-state index is 9.82. The van der Waals surface area contributed by atoms with Crippen LogP contribution >= 0.6 is 11.6 Å². The van der Waals surface area contributed by atoms with Crippen LogP contribution in [0.25, 0.3) is 0 Å². The van der Waals surface area contributed by atoms with Crippen molar-refractivity contribution in [1.29, 1.82) is 0 Å². The van der Waals surface area contributed by atoms with Gasteiger partial charge in [-0.1, -0.05) is 0 Å². The van der Waals surface area contributed by atoms with Gasteiger partial charge in [0.05, 0.1) is 54.3 Å². The van der Waals surface area contributed by atoms with Crippen molar-refractivity contribution in [3.05, 3.63) is 9.11 Å². The number of esters is 1.